The lowest BCUT2D eigenvalue weighted by atomic mass is 9.59. The summed E-state index contributed by atoms with van der Waals surface area (Å²) in [7, 11) is -4.60. The van der Waals surface area contributed by atoms with Crippen LogP contribution in [0.15, 0.2) is 102 Å². The van der Waals surface area contributed by atoms with Crippen LogP contribution in [0.25, 0.3) is 11.0 Å². The highest BCUT2D eigenvalue weighted by Crippen LogP contribution is 2.54. The number of carbonyl (C=O) groups excluding carboxylic acids is 1. The Morgan fingerprint density at radius 1 is 1.00 bits per heavy atom. The lowest BCUT2D eigenvalue weighted by Gasteiger charge is -2.63. The SMILES string of the molecule is CC(C)c1ccccc1[C@@H]1CN(Cc2ccnc3c2OC(C)(C)CO3)CCN1C1CC2(C1)CN(c1ccc(C(=O)NS(=O)(=O)c3ccc(NCC4CCC(C)(O)CC4)c([N+](=O)[O-])c3)c(Oc3cnc4[nH]ccc4c3)c1)C2. The van der Waals surface area contributed by atoms with Gasteiger partial charge < -0.3 is 34.5 Å². The van der Waals surface area contributed by atoms with Crippen LogP contribution in [0.5, 0.6) is 23.1 Å². The molecule has 0 unspecified atom stereocenters. The average molecular weight is 1050 g/mol. The molecule has 1 atom stereocenters. The Morgan fingerprint density at radius 2 is 1.79 bits per heavy atom. The topological polar surface area (TPSA) is 218 Å². The summed E-state index contributed by atoms with van der Waals surface area (Å²) in [6, 6.07) is 23.9. The van der Waals surface area contributed by atoms with Crippen molar-refractivity contribution < 1.29 is 37.5 Å². The van der Waals surface area contributed by atoms with Gasteiger partial charge in [-0.05, 0) is 125 Å². The van der Waals surface area contributed by atoms with Crippen LogP contribution in [0.4, 0.5) is 17.1 Å². The van der Waals surface area contributed by atoms with E-state index in [1.54, 1.807) is 30.5 Å². The van der Waals surface area contributed by atoms with Crippen molar-refractivity contribution in [1.82, 2.24) is 29.5 Å². The van der Waals surface area contributed by atoms with Gasteiger partial charge in [-0.1, -0.05) is 38.1 Å². The number of hydrogen-bond donors (Lipinski definition) is 4. The van der Waals surface area contributed by atoms with Gasteiger partial charge in [0.2, 0.25) is 0 Å². The first kappa shape index (κ1) is 51.3. The van der Waals surface area contributed by atoms with E-state index in [1.807, 2.05) is 33.0 Å². The third-order valence-electron chi connectivity index (χ3n) is 16.3. The highest BCUT2D eigenvalue weighted by atomic mass is 32.2. The van der Waals surface area contributed by atoms with Crippen molar-refractivity contribution in [2.45, 2.75) is 114 Å². The van der Waals surface area contributed by atoms with Gasteiger partial charge in [-0.2, -0.15) is 0 Å². The second-order valence-corrected chi connectivity index (χ2v) is 24.7. The van der Waals surface area contributed by atoms with Gasteiger partial charge in [0.25, 0.3) is 27.5 Å². The summed E-state index contributed by atoms with van der Waals surface area (Å²) < 4.78 is 48.7. The number of aromatic nitrogens is 3. The Balaban J connectivity index is 0.790. The summed E-state index contributed by atoms with van der Waals surface area (Å²) in [6.45, 7) is 16.3. The number of carbonyl (C=O) groups is 1. The van der Waals surface area contributed by atoms with Gasteiger partial charge in [-0.3, -0.25) is 24.7 Å². The van der Waals surface area contributed by atoms with E-state index < -0.39 is 42.6 Å². The number of aromatic amines is 1. The number of hydrogen-bond acceptors (Lipinski definition) is 15. The fourth-order valence-corrected chi connectivity index (χ4v) is 13.1. The first-order valence-electron chi connectivity index (χ1n) is 26.5. The number of fused-ring (bicyclic) bond motifs is 2. The highest BCUT2D eigenvalue weighted by Gasteiger charge is 2.55. The standard InChI is InChI=1S/C57H67N9O9S/c1-36(2)44-8-6-7-9-45(44)49-32-63(31-39-17-21-59-54-51(39)75-55(3,4)35-73-54)22-23-65(49)41-27-57(28-41)33-64(34-57)40-10-12-46(50(25-40)74-42-24-38-16-20-58-52(38)61-30-42)53(67)62-76(71,72)43-11-13-47(48(26-43)66(69)70)60-29-37-14-18-56(5,68)19-15-37/h6-13,16-17,20-21,24-26,30,36-37,41,49,60,68H,14-15,18-19,22-23,27-29,31-35H2,1-5H3,(H,58,61)(H,62,67)/t37?,49-,56?/m0/s1. The van der Waals surface area contributed by atoms with Crippen LogP contribution in [0.3, 0.4) is 0 Å². The largest absolute Gasteiger partial charge is 0.478 e. The smallest absolute Gasteiger partial charge is 0.293 e. The number of pyridine rings is 2. The summed E-state index contributed by atoms with van der Waals surface area (Å²) in [5, 5.41) is 26.5. The molecule has 6 heterocycles. The van der Waals surface area contributed by atoms with E-state index in [-0.39, 0.29) is 34.4 Å². The molecule has 1 spiro atoms. The predicted octanol–water partition coefficient (Wildman–Crippen LogP) is 9.33. The van der Waals surface area contributed by atoms with Crippen molar-refractivity contribution in [3.8, 4) is 23.1 Å². The first-order chi connectivity index (χ1) is 36.3. The van der Waals surface area contributed by atoms with E-state index in [4.69, 9.17) is 14.2 Å². The zero-order valence-electron chi connectivity index (χ0n) is 43.8. The molecule has 2 saturated carbocycles. The number of benzene rings is 3. The molecule has 0 radical (unpaired) electrons. The van der Waals surface area contributed by atoms with Crippen LogP contribution in [-0.4, -0.2) is 112 Å². The van der Waals surface area contributed by atoms with Gasteiger partial charge in [0.1, 0.15) is 35.0 Å². The van der Waals surface area contributed by atoms with Gasteiger partial charge in [0.05, 0.1) is 27.2 Å². The minimum absolute atomic E-state index is 0.0416. The molecule has 6 aromatic rings. The maximum absolute atomic E-state index is 14.1. The summed E-state index contributed by atoms with van der Waals surface area (Å²) in [5.41, 5.74) is 3.95. The van der Waals surface area contributed by atoms with Crippen LogP contribution < -0.4 is 29.1 Å². The van der Waals surface area contributed by atoms with Crippen LogP contribution >= 0.6 is 0 Å². The lowest BCUT2D eigenvalue weighted by Crippen LogP contribution is -2.68. The van der Waals surface area contributed by atoms with Crippen molar-refractivity contribution in [2.24, 2.45) is 11.3 Å². The number of nitrogens with one attached hydrogen (secondary N) is 3. The van der Waals surface area contributed by atoms with Crippen molar-refractivity contribution in [3.05, 3.63) is 130 Å². The average Bonchev–Trinajstić information content (AvgIpc) is 3.87. The van der Waals surface area contributed by atoms with Crippen LogP contribution in [-0.2, 0) is 16.6 Å². The number of nitrogens with zero attached hydrogens (tertiary/aromatic N) is 6. The second kappa shape index (κ2) is 20.0. The Hall–Kier alpha value is -6.80. The molecule has 11 rings (SSSR count). The monoisotopic (exact) mass is 1050 g/mol. The Kier molecular flexibility index (Phi) is 13.5. The van der Waals surface area contributed by atoms with Gasteiger partial charge in [0.15, 0.2) is 5.75 Å². The number of anilines is 2. The normalized spacial score (nSPS) is 22.5. The van der Waals surface area contributed by atoms with Gasteiger partial charge in [-0.25, -0.2) is 23.1 Å². The second-order valence-electron chi connectivity index (χ2n) is 23.0. The van der Waals surface area contributed by atoms with E-state index in [0.29, 0.717) is 55.2 Å². The molecule has 400 valence electrons. The van der Waals surface area contributed by atoms with Crippen molar-refractivity contribution >= 4 is 44.0 Å². The molecular weight excluding hydrogens is 987 g/mol. The third-order valence-corrected chi connectivity index (χ3v) is 17.6. The molecule has 4 fully saturated rings. The van der Waals surface area contributed by atoms with Gasteiger partial charge in [-0.15, -0.1) is 0 Å². The number of ether oxygens (including phenoxy) is 3. The molecule has 2 saturated heterocycles. The third kappa shape index (κ3) is 10.5. The first-order valence-corrected chi connectivity index (χ1v) is 28.0. The van der Waals surface area contributed by atoms with E-state index >= 15 is 0 Å². The zero-order valence-corrected chi connectivity index (χ0v) is 44.6. The molecule has 18 nitrogen and oxygen atoms in total. The zero-order chi connectivity index (χ0) is 53.1. The number of sulfonamides is 1. The number of nitro benzene ring substituents is 1. The molecule has 3 aromatic heterocycles. The van der Waals surface area contributed by atoms with Crippen molar-refractivity contribution in [2.75, 3.05) is 56.1 Å². The molecule has 19 heteroatoms. The van der Waals surface area contributed by atoms with Crippen LogP contribution in [0.1, 0.15) is 112 Å². The van der Waals surface area contributed by atoms with E-state index in [0.717, 1.165) is 93.4 Å². The van der Waals surface area contributed by atoms with E-state index in [1.165, 1.54) is 29.5 Å². The maximum atomic E-state index is 14.1. The molecule has 4 N–H and O–H groups in total. The molecule has 3 aliphatic heterocycles. The van der Waals surface area contributed by atoms with Gasteiger partial charge >= 0.3 is 0 Å². The number of amides is 1. The van der Waals surface area contributed by atoms with Crippen LogP contribution in [0, 0.1) is 21.4 Å². The number of aliphatic hydroxyl groups is 1. The summed E-state index contributed by atoms with van der Waals surface area (Å²) in [4.78, 5) is 44.9. The van der Waals surface area contributed by atoms with E-state index in [2.05, 4.69) is 83.9 Å². The quantitative estimate of drug-likeness (QED) is 0.0556. The minimum atomic E-state index is -4.60. The molecule has 1 amide bonds. The Labute approximate surface area is 443 Å². The summed E-state index contributed by atoms with van der Waals surface area (Å²) >= 11 is 0. The minimum Gasteiger partial charge on any atom is -0.478 e. The molecule has 2 aliphatic carbocycles. The number of H-pyrrole nitrogens is 1. The van der Waals surface area contributed by atoms with E-state index in [9.17, 15) is 28.4 Å². The Morgan fingerprint density at radius 3 is 2.57 bits per heavy atom. The molecular formula is C57H67N9O9S. The number of rotatable bonds is 15. The summed E-state index contributed by atoms with van der Waals surface area (Å²) in [6.07, 6.45) is 9.98. The fourth-order valence-electron chi connectivity index (χ4n) is 12.1. The maximum Gasteiger partial charge on any atom is 0.293 e. The lowest BCUT2D eigenvalue weighted by molar-refractivity contribution is -0.384. The van der Waals surface area contributed by atoms with Gasteiger partial charge in [0, 0.05) is 104 Å². The molecule has 0 bridgehead atoms. The molecule has 3 aromatic carbocycles. The fraction of sp³-hybridized carbons (Fsp3) is 0.456. The molecule has 5 aliphatic rings. The number of piperazine rings is 1. The number of nitro groups is 1. The summed E-state index contributed by atoms with van der Waals surface area (Å²) in [5.74, 6) is 1.37. The Bertz CT molecular complexity index is 3280. The highest BCUT2D eigenvalue weighted by molar-refractivity contribution is 7.90. The molecule has 76 heavy (non-hydrogen) atoms. The predicted molar refractivity (Wildman–Crippen MR) is 289 cm³/mol. The van der Waals surface area contributed by atoms with Crippen molar-refractivity contribution in [1.29, 1.82) is 0 Å². The van der Waals surface area contributed by atoms with Crippen LogP contribution in [0.2, 0.25) is 0 Å². The van der Waals surface area contributed by atoms with Crippen molar-refractivity contribution in [3.63, 3.8) is 0 Å².